The molecule has 1 heterocycles. The number of aromatic nitrogens is 1. The van der Waals surface area contributed by atoms with Crippen LogP contribution in [0, 0.1) is 13.8 Å². The topological polar surface area (TPSA) is 37.4 Å². The van der Waals surface area contributed by atoms with E-state index in [1.165, 1.54) is 11.1 Å². The highest BCUT2D eigenvalue weighted by Crippen LogP contribution is 2.23. The number of likely N-dealkylation sites (N-methyl/N-ethyl adjacent to an activating group) is 1. The van der Waals surface area contributed by atoms with Gasteiger partial charge in [0.05, 0.1) is 12.6 Å². The van der Waals surface area contributed by atoms with Crippen LogP contribution < -0.4 is 10.2 Å². The van der Waals surface area contributed by atoms with Crippen LogP contribution in [0.4, 0.5) is 5.82 Å². The van der Waals surface area contributed by atoms with Gasteiger partial charge < -0.3 is 15.0 Å². The highest BCUT2D eigenvalue weighted by Gasteiger charge is 2.16. The Balaban J connectivity index is 3.12. The summed E-state index contributed by atoms with van der Waals surface area (Å²) in [5, 5.41) is 3.21. The number of nitrogens with zero attached hydrogens (tertiary/aromatic N) is 2. The van der Waals surface area contributed by atoms with Gasteiger partial charge in [0.1, 0.15) is 5.82 Å². The molecule has 1 atom stereocenters. The molecule has 0 aliphatic heterocycles. The van der Waals surface area contributed by atoms with Crippen molar-refractivity contribution in [2.75, 3.05) is 32.7 Å². The van der Waals surface area contributed by atoms with E-state index < -0.39 is 0 Å². The van der Waals surface area contributed by atoms with E-state index in [4.69, 9.17) is 4.74 Å². The fraction of sp³-hybridized carbons (Fsp3) is 0.643. The second kappa shape index (κ2) is 6.71. The molecule has 0 amide bonds. The quantitative estimate of drug-likeness (QED) is 0.838. The van der Waals surface area contributed by atoms with Gasteiger partial charge in [-0.1, -0.05) is 0 Å². The van der Waals surface area contributed by atoms with Crippen LogP contribution in [0.15, 0.2) is 6.07 Å². The summed E-state index contributed by atoms with van der Waals surface area (Å²) in [4.78, 5) is 6.88. The lowest BCUT2D eigenvalue weighted by molar-refractivity contribution is 0.183. The van der Waals surface area contributed by atoms with E-state index in [9.17, 15) is 0 Å². The molecule has 1 rings (SSSR count). The molecule has 0 aliphatic carbocycles. The summed E-state index contributed by atoms with van der Waals surface area (Å²) in [6, 6.07) is 2.43. The molecule has 4 heteroatoms. The van der Waals surface area contributed by atoms with Crippen molar-refractivity contribution in [2.24, 2.45) is 0 Å². The van der Waals surface area contributed by atoms with Crippen LogP contribution >= 0.6 is 0 Å². The van der Waals surface area contributed by atoms with Crippen LogP contribution in [0.3, 0.4) is 0 Å². The SMILES string of the molecule is CNCc1c(C)cc(C)nc1N(C)C(C)COC. The van der Waals surface area contributed by atoms with Crippen LogP contribution in [-0.2, 0) is 11.3 Å². The molecule has 1 unspecified atom stereocenters. The number of rotatable bonds is 6. The van der Waals surface area contributed by atoms with Crippen molar-refractivity contribution in [3.63, 3.8) is 0 Å². The monoisotopic (exact) mass is 251 g/mol. The Kier molecular flexibility index (Phi) is 5.56. The molecule has 0 fully saturated rings. The first-order valence-corrected chi connectivity index (χ1v) is 6.34. The van der Waals surface area contributed by atoms with Crippen molar-refractivity contribution in [3.05, 3.63) is 22.9 Å². The summed E-state index contributed by atoms with van der Waals surface area (Å²) >= 11 is 0. The maximum Gasteiger partial charge on any atom is 0.133 e. The van der Waals surface area contributed by atoms with E-state index in [0.29, 0.717) is 12.6 Å². The van der Waals surface area contributed by atoms with Crippen molar-refractivity contribution in [3.8, 4) is 0 Å². The zero-order valence-electron chi connectivity index (χ0n) is 12.4. The fourth-order valence-electron chi connectivity index (χ4n) is 2.09. The van der Waals surface area contributed by atoms with Gasteiger partial charge in [0.2, 0.25) is 0 Å². The lowest BCUT2D eigenvalue weighted by Crippen LogP contribution is -2.34. The second-order valence-corrected chi connectivity index (χ2v) is 4.83. The molecule has 18 heavy (non-hydrogen) atoms. The number of pyridine rings is 1. The Labute approximate surface area is 110 Å². The van der Waals surface area contributed by atoms with Gasteiger partial charge >= 0.3 is 0 Å². The van der Waals surface area contributed by atoms with Gasteiger partial charge in [-0.05, 0) is 39.4 Å². The van der Waals surface area contributed by atoms with Crippen molar-refractivity contribution >= 4 is 5.82 Å². The summed E-state index contributed by atoms with van der Waals surface area (Å²) in [6.45, 7) is 7.85. The first-order valence-electron chi connectivity index (χ1n) is 6.34. The van der Waals surface area contributed by atoms with E-state index in [2.05, 4.69) is 42.2 Å². The average Bonchev–Trinajstić information content (AvgIpc) is 2.31. The second-order valence-electron chi connectivity index (χ2n) is 4.83. The van der Waals surface area contributed by atoms with Gasteiger partial charge in [0, 0.05) is 32.0 Å². The predicted molar refractivity (Wildman–Crippen MR) is 76.2 cm³/mol. The number of hydrogen-bond acceptors (Lipinski definition) is 4. The Morgan fingerprint density at radius 2 is 2.11 bits per heavy atom. The van der Waals surface area contributed by atoms with Gasteiger partial charge in [-0.25, -0.2) is 4.98 Å². The molecule has 102 valence electrons. The number of ether oxygens (including phenoxy) is 1. The summed E-state index contributed by atoms with van der Waals surface area (Å²) in [5.41, 5.74) is 3.59. The Bertz CT molecular complexity index is 393. The summed E-state index contributed by atoms with van der Waals surface area (Å²) in [5.74, 6) is 1.05. The van der Waals surface area contributed by atoms with Crippen LogP contribution in [0.5, 0.6) is 0 Å². The first-order chi connectivity index (χ1) is 8.51. The number of aryl methyl sites for hydroxylation is 2. The molecule has 0 spiro atoms. The van der Waals surface area contributed by atoms with Crippen molar-refractivity contribution < 1.29 is 4.74 Å². The van der Waals surface area contributed by atoms with Crippen LogP contribution in [0.25, 0.3) is 0 Å². The third-order valence-corrected chi connectivity index (χ3v) is 3.21. The molecule has 0 saturated heterocycles. The Morgan fingerprint density at radius 1 is 1.44 bits per heavy atom. The molecular formula is C14H25N3O. The minimum atomic E-state index is 0.305. The van der Waals surface area contributed by atoms with Crippen molar-refractivity contribution in [1.82, 2.24) is 10.3 Å². The molecule has 0 radical (unpaired) electrons. The number of anilines is 1. The minimum absolute atomic E-state index is 0.305. The average molecular weight is 251 g/mol. The molecular weight excluding hydrogens is 226 g/mol. The maximum absolute atomic E-state index is 5.22. The standard InChI is InChI=1S/C14H25N3O/c1-10-7-11(2)16-14(13(10)8-15-4)17(5)12(3)9-18-6/h7,12,15H,8-9H2,1-6H3. The van der Waals surface area contributed by atoms with E-state index >= 15 is 0 Å². The fourth-order valence-corrected chi connectivity index (χ4v) is 2.09. The van der Waals surface area contributed by atoms with E-state index in [1.807, 2.05) is 14.0 Å². The minimum Gasteiger partial charge on any atom is -0.383 e. The van der Waals surface area contributed by atoms with Crippen LogP contribution in [0.1, 0.15) is 23.7 Å². The molecule has 1 aromatic rings. The van der Waals surface area contributed by atoms with Gasteiger partial charge in [-0.3, -0.25) is 0 Å². The summed E-state index contributed by atoms with van der Waals surface area (Å²) in [6.07, 6.45) is 0. The summed E-state index contributed by atoms with van der Waals surface area (Å²) in [7, 11) is 5.76. The lowest BCUT2D eigenvalue weighted by Gasteiger charge is -2.28. The van der Waals surface area contributed by atoms with Gasteiger partial charge in [-0.15, -0.1) is 0 Å². The summed E-state index contributed by atoms with van der Waals surface area (Å²) < 4.78 is 5.22. The lowest BCUT2D eigenvalue weighted by atomic mass is 10.1. The molecule has 1 N–H and O–H groups in total. The smallest absolute Gasteiger partial charge is 0.133 e. The largest absolute Gasteiger partial charge is 0.383 e. The normalized spacial score (nSPS) is 12.6. The van der Waals surface area contributed by atoms with Crippen molar-refractivity contribution in [1.29, 1.82) is 0 Å². The van der Waals surface area contributed by atoms with Crippen molar-refractivity contribution in [2.45, 2.75) is 33.4 Å². The molecule has 0 saturated carbocycles. The van der Waals surface area contributed by atoms with Crippen LogP contribution in [-0.4, -0.2) is 38.8 Å². The highest BCUT2D eigenvalue weighted by molar-refractivity contribution is 5.51. The molecule has 0 aromatic carbocycles. The highest BCUT2D eigenvalue weighted by atomic mass is 16.5. The predicted octanol–water partition coefficient (Wildman–Crippen LogP) is 1.89. The molecule has 1 aromatic heterocycles. The molecule has 4 nitrogen and oxygen atoms in total. The van der Waals surface area contributed by atoms with Gasteiger partial charge in [0.15, 0.2) is 0 Å². The van der Waals surface area contributed by atoms with E-state index in [-0.39, 0.29) is 0 Å². The molecule has 0 bridgehead atoms. The number of hydrogen-bond donors (Lipinski definition) is 1. The van der Waals surface area contributed by atoms with E-state index in [1.54, 1.807) is 7.11 Å². The Hall–Kier alpha value is -1.13. The van der Waals surface area contributed by atoms with E-state index in [0.717, 1.165) is 18.1 Å². The third kappa shape index (κ3) is 3.43. The van der Waals surface area contributed by atoms with Gasteiger partial charge in [0.25, 0.3) is 0 Å². The Morgan fingerprint density at radius 3 is 2.67 bits per heavy atom. The molecule has 0 aliphatic rings. The zero-order chi connectivity index (χ0) is 13.7. The number of methoxy groups -OCH3 is 1. The number of nitrogens with one attached hydrogen (secondary N) is 1. The zero-order valence-corrected chi connectivity index (χ0v) is 12.4. The van der Waals surface area contributed by atoms with Gasteiger partial charge in [-0.2, -0.15) is 0 Å². The third-order valence-electron chi connectivity index (χ3n) is 3.21. The maximum atomic E-state index is 5.22. The first kappa shape index (κ1) is 14.9. The van der Waals surface area contributed by atoms with Crippen LogP contribution in [0.2, 0.25) is 0 Å².